The van der Waals surface area contributed by atoms with Gasteiger partial charge in [-0.15, -0.1) is 0 Å². The van der Waals surface area contributed by atoms with Crippen molar-refractivity contribution in [1.82, 2.24) is 4.90 Å². The van der Waals surface area contributed by atoms with Gasteiger partial charge in [0.05, 0.1) is 5.75 Å². The highest BCUT2D eigenvalue weighted by Gasteiger charge is 2.22. The zero-order valence-electron chi connectivity index (χ0n) is 9.45. The van der Waals surface area contributed by atoms with Gasteiger partial charge in [0.2, 0.25) is 9.05 Å². The minimum atomic E-state index is -3.31. The third-order valence-electron chi connectivity index (χ3n) is 3.08. The van der Waals surface area contributed by atoms with Gasteiger partial charge < -0.3 is 4.90 Å². The maximum absolute atomic E-state index is 10.8. The molecule has 0 N–H and O–H groups in total. The summed E-state index contributed by atoms with van der Waals surface area (Å²) in [6, 6.07) is 0.583. The zero-order valence-corrected chi connectivity index (χ0v) is 11.0. The molecule has 2 unspecified atom stereocenters. The average Bonchev–Trinajstić information content (AvgIpc) is 2.09. The van der Waals surface area contributed by atoms with Crippen LogP contribution in [0.5, 0.6) is 0 Å². The van der Waals surface area contributed by atoms with Gasteiger partial charge in [-0.05, 0) is 38.6 Å². The van der Waals surface area contributed by atoms with Crippen LogP contribution in [0.3, 0.4) is 0 Å². The molecule has 5 heteroatoms. The summed E-state index contributed by atoms with van der Waals surface area (Å²) >= 11 is 0. The van der Waals surface area contributed by atoms with Crippen molar-refractivity contribution in [2.75, 3.05) is 18.8 Å². The Labute approximate surface area is 97.2 Å². The van der Waals surface area contributed by atoms with Crippen LogP contribution in [0.4, 0.5) is 0 Å². The molecule has 1 fully saturated rings. The fourth-order valence-corrected chi connectivity index (χ4v) is 2.93. The molecule has 0 aromatic carbocycles. The molecule has 1 rings (SSSR count). The van der Waals surface area contributed by atoms with Crippen molar-refractivity contribution in [3.63, 3.8) is 0 Å². The van der Waals surface area contributed by atoms with Gasteiger partial charge in [0.25, 0.3) is 0 Å². The molecule has 2 atom stereocenters. The Balaban J connectivity index is 2.30. The molecular weight excluding hydrogens is 234 g/mol. The van der Waals surface area contributed by atoms with Crippen molar-refractivity contribution < 1.29 is 8.42 Å². The molecule has 0 amide bonds. The molecule has 1 saturated heterocycles. The maximum Gasteiger partial charge on any atom is 0.232 e. The van der Waals surface area contributed by atoms with Crippen LogP contribution in [0.25, 0.3) is 0 Å². The smallest absolute Gasteiger partial charge is 0.232 e. The van der Waals surface area contributed by atoms with Gasteiger partial charge in [-0.25, -0.2) is 8.42 Å². The molecule has 1 aliphatic heterocycles. The van der Waals surface area contributed by atoms with E-state index in [1.165, 1.54) is 12.8 Å². The highest BCUT2D eigenvalue weighted by Crippen LogP contribution is 2.21. The van der Waals surface area contributed by atoms with Crippen molar-refractivity contribution in [1.29, 1.82) is 0 Å². The van der Waals surface area contributed by atoms with Gasteiger partial charge in [0, 0.05) is 23.3 Å². The normalized spacial score (nSPS) is 29.3. The number of nitrogens with zero attached hydrogens (tertiary/aromatic N) is 1. The van der Waals surface area contributed by atoms with E-state index in [4.69, 9.17) is 10.7 Å². The number of hydrogen-bond acceptors (Lipinski definition) is 3. The minimum absolute atomic E-state index is 0.0894. The molecule has 90 valence electrons. The van der Waals surface area contributed by atoms with Gasteiger partial charge in [0.15, 0.2) is 0 Å². The molecule has 15 heavy (non-hydrogen) atoms. The number of likely N-dealkylation sites (tertiary alicyclic amines) is 1. The second-order valence-electron chi connectivity index (χ2n) is 4.62. The first kappa shape index (κ1) is 13.3. The van der Waals surface area contributed by atoms with Crippen molar-refractivity contribution in [2.24, 2.45) is 5.92 Å². The summed E-state index contributed by atoms with van der Waals surface area (Å²) in [4.78, 5) is 2.37. The fraction of sp³-hybridized carbons (Fsp3) is 1.00. The molecular formula is C10H20ClNO2S. The molecule has 0 bridgehead atoms. The Morgan fingerprint density at radius 2 is 2.00 bits per heavy atom. The topological polar surface area (TPSA) is 37.4 Å². The van der Waals surface area contributed by atoms with Crippen molar-refractivity contribution in [3.8, 4) is 0 Å². The van der Waals surface area contributed by atoms with Crippen LogP contribution in [0.1, 0.15) is 33.1 Å². The summed E-state index contributed by atoms with van der Waals surface area (Å²) < 4.78 is 21.5. The molecule has 0 saturated carbocycles. The third-order valence-corrected chi connectivity index (χ3v) is 4.32. The van der Waals surface area contributed by atoms with Crippen molar-refractivity contribution in [3.05, 3.63) is 0 Å². The zero-order chi connectivity index (χ0) is 11.5. The van der Waals surface area contributed by atoms with Crippen LogP contribution in [-0.2, 0) is 9.05 Å². The summed E-state index contributed by atoms with van der Waals surface area (Å²) in [5, 5.41) is 0. The highest BCUT2D eigenvalue weighted by molar-refractivity contribution is 8.13. The molecule has 0 radical (unpaired) electrons. The van der Waals surface area contributed by atoms with E-state index in [0.717, 1.165) is 19.0 Å². The predicted octanol–water partition coefficient (Wildman–Crippen LogP) is 2.07. The maximum atomic E-state index is 10.8. The lowest BCUT2D eigenvalue weighted by Crippen LogP contribution is -2.41. The van der Waals surface area contributed by atoms with E-state index in [0.29, 0.717) is 12.5 Å². The predicted molar refractivity (Wildman–Crippen MR) is 63.7 cm³/mol. The molecule has 1 aliphatic rings. The Kier molecular flexibility index (Phi) is 4.87. The second-order valence-corrected chi connectivity index (χ2v) is 7.52. The molecule has 0 aliphatic carbocycles. The Morgan fingerprint density at radius 3 is 2.60 bits per heavy atom. The lowest BCUT2D eigenvalue weighted by molar-refractivity contribution is 0.125. The van der Waals surface area contributed by atoms with Gasteiger partial charge in [-0.2, -0.15) is 0 Å². The van der Waals surface area contributed by atoms with Crippen molar-refractivity contribution in [2.45, 2.75) is 39.2 Å². The molecule has 3 nitrogen and oxygen atoms in total. The molecule has 0 aromatic heterocycles. The lowest BCUT2D eigenvalue weighted by Gasteiger charge is -2.36. The van der Waals surface area contributed by atoms with E-state index in [2.05, 4.69) is 18.7 Å². The minimum Gasteiger partial charge on any atom is -0.300 e. The van der Waals surface area contributed by atoms with Crippen LogP contribution in [0.15, 0.2) is 0 Å². The molecule has 0 spiro atoms. The van der Waals surface area contributed by atoms with Gasteiger partial charge in [-0.3, -0.25) is 0 Å². The van der Waals surface area contributed by atoms with Crippen LogP contribution in [-0.4, -0.2) is 38.2 Å². The Morgan fingerprint density at radius 1 is 1.33 bits per heavy atom. The third kappa shape index (κ3) is 5.18. The van der Waals surface area contributed by atoms with Crippen LogP contribution < -0.4 is 0 Å². The first-order valence-corrected chi connectivity index (χ1v) is 8.02. The lowest BCUT2D eigenvalue weighted by atomic mass is 9.95. The van der Waals surface area contributed by atoms with Crippen LogP contribution in [0.2, 0.25) is 0 Å². The quantitative estimate of drug-likeness (QED) is 0.720. The molecule has 0 aromatic rings. The molecule has 1 heterocycles. The first-order chi connectivity index (χ1) is 6.88. The largest absolute Gasteiger partial charge is 0.300 e. The summed E-state index contributed by atoms with van der Waals surface area (Å²) in [5.41, 5.74) is 0. The highest BCUT2D eigenvalue weighted by atomic mass is 35.7. The number of hydrogen-bond donors (Lipinski definition) is 0. The van der Waals surface area contributed by atoms with E-state index >= 15 is 0 Å². The second kappa shape index (κ2) is 5.51. The fourth-order valence-electron chi connectivity index (χ4n) is 2.13. The summed E-state index contributed by atoms with van der Waals surface area (Å²) in [6.07, 6.45) is 3.14. The van der Waals surface area contributed by atoms with Crippen LogP contribution >= 0.6 is 10.7 Å². The van der Waals surface area contributed by atoms with E-state index in [-0.39, 0.29) is 5.75 Å². The van der Waals surface area contributed by atoms with Crippen molar-refractivity contribution >= 4 is 19.7 Å². The number of piperidine rings is 1. The Bertz CT molecular complexity index is 292. The van der Waals surface area contributed by atoms with E-state index in [9.17, 15) is 8.42 Å². The summed E-state index contributed by atoms with van der Waals surface area (Å²) in [6.45, 7) is 6.39. The van der Waals surface area contributed by atoms with Gasteiger partial charge in [0.1, 0.15) is 0 Å². The standard InChI is InChI=1S/C10H20ClNO2S/c1-9-4-5-10(2)12(8-9)6-3-7-15(11,13)14/h9-10H,3-8H2,1-2H3. The van der Waals surface area contributed by atoms with E-state index in [1.807, 2.05) is 0 Å². The first-order valence-electron chi connectivity index (χ1n) is 5.55. The van der Waals surface area contributed by atoms with Gasteiger partial charge in [-0.1, -0.05) is 6.92 Å². The van der Waals surface area contributed by atoms with Gasteiger partial charge >= 0.3 is 0 Å². The monoisotopic (exact) mass is 253 g/mol. The van der Waals surface area contributed by atoms with E-state index < -0.39 is 9.05 Å². The summed E-state index contributed by atoms with van der Waals surface area (Å²) in [5.74, 6) is 0.820. The summed E-state index contributed by atoms with van der Waals surface area (Å²) in [7, 11) is 1.86. The Hall–Kier alpha value is 0.200. The SMILES string of the molecule is CC1CCC(C)N(CCCS(=O)(=O)Cl)C1. The van der Waals surface area contributed by atoms with Crippen LogP contribution in [0, 0.1) is 5.92 Å². The van der Waals surface area contributed by atoms with E-state index in [1.54, 1.807) is 0 Å². The number of halogens is 1. The number of rotatable bonds is 4. The average molecular weight is 254 g/mol.